The fraction of sp³-hybridized carbons (Fsp3) is 0.600. The van der Waals surface area contributed by atoms with Gasteiger partial charge in [0.15, 0.2) is 0 Å². The van der Waals surface area contributed by atoms with Crippen LogP contribution < -0.4 is 5.32 Å². The lowest BCUT2D eigenvalue weighted by molar-refractivity contribution is -0.150. The van der Waals surface area contributed by atoms with Crippen LogP contribution in [0.15, 0.2) is 30.9 Å². The fourth-order valence-electron chi connectivity index (χ4n) is 5.21. The number of benzene rings is 1. The number of amides is 3. The zero-order valence-corrected chi connectivity index (χ0v) is 24.5. The first-order valence-corrected chi connectivity index (χ1v) is 13.8. The molecule has 3 atom stereocenters. The second-order valence-corrected chi connectivity index (χ2v) is 12.5. The van der Waals surface area contributed by atoms with Crippen molar-refractivity contribution in [2.45, 2.75) is 92.1 Å². The van der Waals surface area contributed by atoms with E-state index in [2.05, 4.69) is 18.8 Å². The summed E-state index contributed by atoms with van der Waals surface area (Å²) in [5.41, 5.74) is 2.30. The molecule has 1 aromatic rings. The number of carboxylic acids is 1. The van der Waals surface area contributed by atoms with E-state index in [1.807, 2.05) is 32.0 Å². The Labute approximate surface area is 236 Å². The predicted octanol–water partition coefficient (Wildman–Crippen LogP) is 4.50. The maximum absolute atomic E-state index is 13.7. The van der Waals surface area contributed by atoms with E-state index in [4.69, 9.17) is 9.47 Å². The van der Waals surface area contributed by atoms with Crippen LogP contribution in [-0.2, 0) is 38.6 Å². The third-order valence-corrected chi connectivity index (χ3v) is 7.48. The van der Waals surface area contributed by atoms with Crippen molar-refractivity contribution in [3.63, 3.8) is 0 Å². The molecule has 220 valence electrons. The third kappa shape index (κ3) is 7.34. The number of ether oxygens (including phenoxy) is 2. The Morgan fingerprint density at radius 3 is 2.48 bits per heavy atom. The van der Waals surface area contributed by atoms with Gasteiger partial charge in [-0.3, -0.25) is 9.69 Å². The zero-order valence-electron chi connectivity index (χ0n) is 24.5. The smallest absolute Gasteiger partial charge is 0.410 e. The number of nitrogens with one attached hydrogen (secondary N) is 1. The molecule has 10 heteroatoms. The topological polar surface area (TPSA) is 125 Å². The number of fused-ring (bicyclic) bond motifs is 1. The highest BCUT2D eigenvalue weighted by atomic mass is 16.6. The Balaban J connectivity index is 1.68. The Morgan fingerprint density at radius 1 is 1.18 bits per heavy atom. The SMILES string of the molecule is C=CCC(C)(C)COC(=O)N[C@H](C(=O)N1C[C@H](OC(=O)N2Cc3cccc(CC)c3C2)C[C@H]1C(=O)O)C(C)(C)C. The first kappa shape index (κ1) is 31.0. The minimum Gasteiger partial charge on any atom is -0.480 e. The molecule has 40 heavy (non-hydrogen) atoms. The summed E-state index contributed by atoms with van der Waals surface area (Å²) in [6.07, 6.45) is 1.10. The van der Waals surface area contributed by atoms with Crippen LogP contribution in [-0.4, -0.2) is 70.3 Å². The van der Waals surface area contributed by atoms with Crippen molar-refractivity contribution < 1.29 is 33.8 Å². The highest BCUT2D eigenvalue weighted by Crippen LogP contribution is 2.30. The number of allylic oxidation sites excluding steroid dienone is 1. The molecule has 0 saturated carbocycles. The Bertz CT molecular complexity index is 1140. The number of likely N-dealkylation sites (tertiary alicyclic amines) is 1. The van der Waals surface area contributed by atoms with Gasteiger partial charge in [-0.1, -0.05) is 65.8 Å². The molecule has 0 aromatic heterocycles. The number of alkyl carbamates (subject to hydrolysis) is 1. The number of hydrogen-bond acceptors (Lipinski definition) is 6. The number of carbonyl (C=O) groups is 4. The van der Waals surface area contributed by atoms with Crippen molar-refractivity contribution in [2.24, 2.45) is 10.8 Å². The standard InChI is InChI=1S/C30H43N3O7/c1-8-13-30(6,7)18-39-27(37)31-24(29(3,4)5)25(34)33-16-21(14-23(33)26(35)36)40-28(38)32-15-20-12-10-11-19(9-2)22(20)17-32/h8,10-12,21,23-24H,1,9,13-18H2,2-7H3,(H,31,37)(H,35,36)/t21-,23+,24-/m1/s1. The molecule has 1 saturated heterocycles. The lowest BCUT2D eigenvalue weighted by atomic mass is 9.85. The molecule has 2 aliphatic rings. The lowest BCUT2D eigenvalue weighted by Crippen LogP contribution is -2.57. The molecule has 0 aliphatic carbocycles. The van der Waals surface area contributed by atoms with Crippen molar-refractivity contribution in [3.8, 4) is 0 Å². The van der Waals surface area contributed by atoms with E-state index in [-0.39, 0.29) is 25.0 Å². The van der Waals surface area contributed by atoms with Gasteiger partial charge in [-0.05, 0) is 34.9 Å². The molecule has 3 amide bonds. The lowest BCUT2D eigenvalue weighted by Gasteiger charge is -2.34. The molecule has 2 heterocycles. The Hall–Kier alpha value is -3.56. The monoisotopic (exact) mass is 557 g/mol. The quantitative estimate of drug-likeness (QED) is 0.428. The van der Waals surface area contributed by atoms with Gasteiger partial charge in [-0.2, -0.15) is 0 Å². The molecule has 0 bridgehead atoms. The molecule has 0 spiro atoms. The van der Waals surface area contributed by atoms with Crippen molar-refractivity contribution in [2.75, 3.05) is 13.2 Å². The van der Waals surface area contributed by atoms with Gasteiger partial charge in [0.1, 0.15) is 18.2 Å². The number of aliphatic carboxylic acids is 1. The average Bonchev–Trinajstić information content (AvgIpc) is 3.49. The molecule has 2 N–H and O–H groups in total. The van der Waals surface area contributed by atoms with E-state index in [0.717, 1.165) is 17.5 Å². The normalized spacial score (nSPS) is 19.6. The summed E-state index contributed by atoms with van der Waals surface area (Å²) in [6, 6.07) is 3.76. The summed E-state index contributed by atoms with van der Waals surface area (Å²) in [5, 5.41) is 12.5. The van der Waals surface area contributed by atoms with E-state index in [9.17, 15) is 24.3 Å². The van der Waals surface area contributed by atoms with Crippen LogP contribution in [0.4, 0.5) is 9.59 Å². The maximum atomic E-state index is 13.7. The molecular weight excluding hydrogens is 514 g/mol. The molecule has 0 radical (unpaired) electrons. The molecule has 1 fully saturated rings. The van der Waals surface area contributed by atoms with Crippen LogP contribution in [0.25, 0.3) is 0 Å². The van der Waals surface area contributed by atoms with Gasteiger partial charge in [0.2, 0.25) is 5.91 Å². The first-order chi connectivity index (χ1) is 18.7. The van der Waals surface area contributed by atoms with Gasteiger partial charge in [0.25, 0.3) is 0 Å². The highest BCUT2D eigenvalue weighted by molar-refractivity contribution is 5.90. The number of rotatable bonds is 9. The first-order valence-electron chi connectivity index (χ1n) is 13.8. The second-order valence-electron chi connectivity index (χ2n) is 12.5. The van der Waals surface area contributed by atoms with Crippen LogP contribution in [0.2, 0.25) is 0 Å². The van der Waals surface area contributed by atoms with Gasteiger partial charge < -0.3 is 24.8 Å². The molecule has 0 unspecified atom stereocenters. The number of aryl methyl sites for hydroxylation is 1. The maximum Gasteiger partial charge on any atom is 0.410 e. The minimum atomic E-state index is -1.20. The highest BCUT2D eigenvalue weighted by Gasteiger charge is 2.46. The van der Waals surface area contributed by atoms with Gasteiger partial charge in [0.05, 0.1) is 13.2 Å². The average molecular weight is 558 g/mol. The van der Waals surface area contributed by atoms with Gasteiger partial charge in [-0.25, -0.2) is 14.4 Å². The summed E-state index contributed by atoms with van der Waals surface area (Å²) in [5.74, 6) is -1.77. The van der Waals surface area contributed by atoms with Crippen molar-refractivity contribution in [1.29, 1.82) is 0 Å². The van der Waals surface area contributed by atoms with E-state index in [1.165, 1.54) is 10.5 Å². The van der Waals surface area contributed by atoms with Crippen LogP contribution in [0.1, 0.15) is 71.1 Å². The molecule has 3 rings (SSSR count). The van der Waals surface area contributed by atoms with E-state index >= 15 is 0 Å². The minimum absolute atomic E-state index is 0.0368. The zero-order chi connectivity index (χ0) is 29.8. The molecule has 1 aromatic carbocycles. The van der Waals surface area contributed by atoms with Crippen LogP contribution in [0, 0.1) is 10.8 Å². The van der Waals surface area contributed by atoms with Crippen LogP contribution in [0.3, 0.4) is 0 Å². The number of hydrogen-bond donors (Lipinski definition) is 2. The summed E-state index contributed by atoms with van der Waals surface area (Å²) in [6.45, 7) is 15.8. The Kier molecular flexibility index (Phi) is 9.53. The van der Waals surface area contributed by atoms with Crippen molar-refractivity contribution >= 4 is 24.1 Å². The second kappa shape index (κ2) is 12.3. The Morgan fingerprint density at radius 2 is 1.88 bits per heavy atom. The van der Waals surface area contributed by atoms with E-state index < -0.39 is 47.7 Å². The third-order valence-electron chi connectivity index (χ3n) is 7.48. The van der Waals surface area contributed by atoms with Crippen LogP contribution >= 0.6 is 0 Å². The molecule has 2 aliphatic heterocycles. The van der Waals surface area contributed by atoms with Gasteiger partial charge >= 0.3 is 18.2 Å². The van der Waals surface area contributed by atoms with Crippen LogP contribution in [0.5, 0.6) is 0 Å². The molecular formula is C30H43N3O7. The van der Waals surface area contributed by atoms with E-state index in [1.54, 1.807) is 31.7 Å². The predicted molar refractivity (Wildman–Crippen MR) is 149 cm³/mol. The summed E-state index contributed by atoms with van der Waals surface area (Å²) >= 11 is 0. The summed E-state index contributed by atoms with van der Waals surface area (Å²) in [4.78, 5) is 54.3. The molecule has 10 nitrogen and oxygen atoms in total. The van der Waals surface area contributed by atoms with Gasteiger partial charge in [-0.15, -0.1) is 6.58 Å². The van der Waals surface area contributed by atoms with E-state index in [0.29, 0.717) is 19.5 Å². The van der Waals surface area contributed by atoms with Crippen molar-refractivity contribution in [3.05, 3.63) is 47.5 Å². The number of carbonyl (C=O) groups excluding carboxylic acids is 3. The number of nitrogens with zero attached hydrogens (tertiary/aromatic N) is 2. The van der Waals surface area contributed by atoms with Gasteiger partial charge in [0, 0.05) is 24.9 Å². The largest absolute Gasteiger partial charge is 0.480 e. The van der Waals surface area contributed by atoms with Crippen molar-refractivity contribution in [1.82, 2.24) is 15.1 Å². The summed E-state index contributed by atoms with van der Waals surface area (Å²) in [7, 11) is 0. The number of carboxylic acid groups (broad SMARTS) is 1. The summed E-state index contributed by atoms with van der Waals surface area (Å²) < 4.78 is 11.1. The fourth-order valence-corrected chi connectivity index (χ4v) is 5.21.